The standard InChI is InChI=1S/C10H11NO/c1-8-3-4-10(9(2)7-8)12-6-5-11/h3-4,7H,6H2,1-2H3. The van der Waals surface area contributed by atoms with Crippen LogP contribution < -0.4 is 4.74 Å². The maximum atomic E-state index is 8.30. The van der Waals surface area contributed by atoms with E-state index < -0.39 is 0 Å². The average Bonchev–Trinajstić information content (AvgIpc) is 2.03. The second-order valence-corrected chi connectivity index (χ2v) is 2.72. The molecule has 2 heteroatoms. The molecule has 0 aliphatic rings. The van der Waals surface area contributed by atoms with Crippen LogP contribution in [0.4, 0.5) is 0 Å². The summed E-state index contributed by atoms with van der Waals surface area (Å²) < 4.78 is 5.18. The highest BCUT2D eigenvalue weighted by Crippen LogP contribution is 2.18. The molecule has 0 unspecified atom stereocenters. The van der Waals surface area contributed by atoms with Crippen molar-refractivity contribution in [1.82, 2.24) is 0 Å². The summed E-state index contributed by atoms with van der Waals surface area (Å²) in [5, 5.41) is 8.30. The van der Waals surface area contributed by atoms with Crippen LogP contribution >= 0.6 is 0 Å². The summed E-state index contributed by atoms with van der Waals surface area (Å²) in [4.78, 5) is 0. The summed E-state index contributed by atoms with van der Waals surface area (Å²) in [6.45, 7) is 4.12. The van der Waals surface area contributed by atoms with Crippen LogP contribution in [0, 0.1) is 25.2 Å². The molecule has 0 N–H and O–H groups in total. The third kappa shape index (κ3) is 2.00. The van der Waals surface area contributed by atoms with Gasteiger partial charge in [0.25, 0.3) is 0 Å². The normalized spacial score (nSPS) is 9.08. The van der Waals surface area contributed by atoms with Crippen molar-refractivity contribution in [2.75, 3.05) is 6.61 Å². The Morgan fingerprint density at radius 3 is 2.75 bits per heavy atom. The quantitative estimate of drug-likeness (QED) is 0.666. The van der Waals surface area contributed by atoms with Crippen molar-refractivity contribution >= 4 is 0 Å². The molecule has 0 amide bonds. The summed E-state index contributed by atoms with van der Waals surface area (Å²) in [7, 11) is 0. The number of rotatable bonds is 2. The van der Waals surface area contributed by atoms with Gasteiger partial charge >= 0.3 is 0 Å². The van der Waals surface area contributed by atoms with Gasteiger partial charge in [0.05, 0.1) is 0 Å². The average molecular weight is 161 g/mol. The Morgan fingerprint density at radius 2 is 2.17 bits per heavy atom. The van der Waals surface area contributed by atoms with Crippen molar-refractivity contribution in [3.63, 3.8) is 0 Å². The highest BCUT2D eigenvalue weighted by molar-refractivity contribution is 5.35. The van der Waals surface area contributed by atoms with Crippen LogP contribution in [0.25, 0.3) is 0 Å². The fraction of sp³-hybridized carbons (Fsp3) is 0.300. The molecule has 0 fully saturated rings. The van der Waals surface area contributed by atoms with Gasteiger partial charge in [-0.25, -0.2) is 0 Å². The SMILES string of the molecule is Cc1ccc(OCC#N)c(C)c1. The number of aryl methyl sites for hydroxylation is 2. The smallest absolute Gasteiger partial charge is 0.174 e. The van der Waals surface area contributed by atoms with Gasteiger partial charge in [0.15, 0.2) is 6.61 Å². The van der Waals surface area contributed by atoms with E-state index in [1.54, 1.807) is 0 Å². The van der Waals surface area contributed by atoms with E-state index in [0.29, 0.717) is 0 Å². The minimum Gasteiger partial charge on any atom is -0.478 e. The second kappa shape index (κ2) is 3.77. The van der Waals surface area contributed by atoms with E-state index in [9.17, 15) is 0 Å². The minimum atomic E-state index is 0.115. The van der Waals surface area contributed by atoms with Crippen LogP contribution in [0.1, 0.15) is 11.1 Å². The van der Waals surface area contributed by atoms with Gasteiger partial charge < -0.3 is 4.74 Å². The Balaban J connectivity index is 2.81. The third-order valence-corrected chi connectivity index (χ3v) is 1.62. The van der Waals surface area contributed by atoms with E-state index in [1.165, 1.54) is 5.56 Å². The number of hydrogen-bond acceptors (Lipinski definition) is 2. The highest BCUT2D eigenvalue weighted by atomic mass is 16.5. The molecular weight excluding hydrogens is 150 g/mol. The molecule has 0 bridgehead atoms. The Kier molecular flexibility index (Phi) is 2.71. The number of ether oxygens (including phenoxy) is 1. The summed E-state index contributed by atoms with van der Waals surface area (Å²) in [6.07, 6.45) is 0. The maximum absolute atomic E-state index is 8.30. The molecule has 2 nitrogen and oxygen atoms in total. The summed E-state index contributed by atoms with van der Waals surface area (Å²) in [5.41, 5.74) is 2.28. The van der Waals surface area contributed by atoms with Crippen molar-refractivity contribution in [3.8, 4) is 11.8 Å². The lowest BCUT2D eigenvalue weighted by atomic mass is 10.1. The Labute approximate surface area is 72.4 Å². The van der Waals surface area contributed by atoms with Gasteiger partial charge in [-0.15, -0.1) is 0 Å². The molecule has 0 radical (unpaired) electrons. The molecule has 0 aliphatic heterocycles. The second-order valence-electron chi connectivity index (χ2n) is 2.72. The van der Waals surface area contributed by atoms with Crippen molar-refractivity contribution < 1.29 is 4.74 Å². The van der Waals surface area contributed by atoms with Crippen molar-refractivity contribution in [3.05, 3.63) is 29.3 Å². The van der Waals surface area contributed by atoms with E-state index >= 15 is 0 Å². The van der Waals surface area contributed by atoms with Gasteiger partial charge in [0, 0.05) is 0 Å². The van der Waals surface area contributed by atoms with E-state index in [1.807, 2.05) is 38.1 Å². The molecule has 0 aliphatic carbocycles. The molecule has 62 valence electrons. The lowest BCUT2D eigenvalue weighted by molar-refractivity contribution is 0.365. The molecule has 0 heterocycles. The number of nitriles is 1. The number of benzene rings is 1. The minimum absolute atomic E-state index is 0.115. The maximum Gasteiger partial charge on any atom is 0.174 e. The first kappa shape index (κ1) is 8.61. The zero-order valence-electron chi connectivity index (χ0n) is 7.29. The topological polar surface area (TPSA) is 33.0 Å². The monoisotopic (exact) mass is 161 g/mol. The largest absolute Gasteiger partial charge is 0.478 e. The van der Waals surface area contributed by atoms with Gasteiger partial charge in [-0.1, -0.05) is 17.7 Å². The zero-order chi connectivity index (χ0) is 8.97. The molecule has 0 spiro atoms. The van der Waals surface area contributed by atoms with E-state index in [0.717, 1.165) is 11.3 Å². The lowest BCUT2D eigenvalue weighted by Gasteiger charge is -2.05. The van der Waals surface area contributed by atoms with E-state index in [-0.39, 0.29) is 6.61 Å². The lowest BCUT2D eigenvalue weighted by Crippen LogP contribution is -1.95. The van der Waals surface area contributed by atoms with Gasteiger partial charge in [0.1, 0.15) is 11.8 Å². The van der Waals surface area contributed by atoms with Crippen molar-refractivity contribution in [2.24, 2.45) is 0 Å². The van der Waals surface area contributed by atoms with E-state index in [2.05, 4.69) is 0 Å². The molecule has 1 rings (SSSR count). The first-order valence-electron chi connectivity index (χ1n) is 3.81. The first-order valence-corrected chi connectivity index (χ1v) is 3.81. The summed E-state index contributed by atoms with van der Waals surface area (Å²) >= 11 is 0. The highest BCUT2D eigenvalue weighted by Gasteiger charge is 1.97. The molecular formula is C10H11NO. The van der Waals surface area contributed by atoms with Gasteiger partial charge in [-0.05, 0) is 25.5 Å². The number of hydrogen-bond donors (Lipinski definition) is 0. The zero-order valence-corrected chi connectivity index (χ0v) is 7.29. The van der Waals surface area contributed by atoms with Crippen LogP contribution in [-0.2, 0) is 0 Å². The molecule has 12 heavy (non-hydrogen) atoms. The van der Waals surface area contributed by atoms with Crippen LogP contribution in [0.5, 0.6) is 5.75 Å². The van der Waals surface area contributed by atoms with E-state index in [4.69, 9.17) is 10.00 Å². The first-order chi connectivity index (χ1) is 5.74. The van der Waals surface area contributed by atoms with Crippen LogP contribution in [0.3, 0.4) is 0 Å². The van der Waals surface area contributed by atoms with Crippen LogP contribution in [-0.4, -0.2) is 6.61 Å². The molecule has 0 aromatic heterocycles. The molecule has 1 aromatic carbocycles. The summed E-state index contributed by atoms with van der Waals surface area (Å²) in [5.74, 6) is 0.794. The van der Waals surface area contributed by atoms with Gasteiger partial charge in [0.2, 0.25) is 0 Å². The van der Waals surface area contributed by atoms with Crippen LogP contribution in [0.2, 0.25) is 0 Å². The Morgan fingerprint density at radius 1 is 1.42 bits per heavy atom. The Bertz CT molecular complexity index is 312. The van der Waals surface area contributed by atoms with Gasteiger partial charge in [-0.3, -0.25) is 0 Å². The third-order valence-electron chi connectivity index (χ3n) is 1.62. The van der Waals surface area contributed by atoms with Crippen molar-refractivity contribution in [1.29, 1.82) is 5.26 Å². The molecule has 1 aromatic rings. The Hall–Kier alpha value is -1.49. The fourth-order valence-electron chi connectivity index (χ4n) is 1.07. The summed E-state index contributed by atoms with van der Waals surface area (Å²) in [6, 6.07) is 7.83. The predicted molar refractivity (Wildman–Crippen MR) is 47.0 cm³/mol. The molecule has 0 saturated carbocycles. The predicted octanol–water partition coefficient (Wildman–Crippen LogP) is 2.21. The number of nitrogens with zero attached hydrogens (tertiary/aromatic N) is 1. The fourth-order valence-corrected chi connectivity index (χ4v) is 1.07. The molecule has 0 atom stereocenters. The molecule has 0 saturated heterocycles. The van der Waals surface area contributed by atoms with Gasteiger partial charge in [-0.2, -0.15) is 5.26 Å². The van der Waals surface area contributed by atoms with Crippen LogP contribution in [0.15, 0.2) is 18.2 Å². The van der Waals surface area contributed by atoms with Crippen molar-refractivity contribution in [2.45, 2.75) is 13.8 Å².